The Morgan fingerprint density at radius 3 is 2.85 bits per heavy atom. The molecule has 0 fully saturated rings. The molecule has 2 heterocycles. The summed E-state index contributed by atoms with van der Waals surface area (Å²) >= 11 is 1.69. The van der Waals surface area contributed by atoms with Crippen LogP contribution in [-0.2, 0) is 18.4 Å². The van der Waals surface area contributed by atoms with Crippen LogP contribution in [0.25, 0.3) is 10.2 Å². The molecule has 136 valence electrons. The highest BCUT2D eigenvalue weighted by atomic mass is 32.1. The van der Waals surface area contributed by atoms with Gasteiger partial charge in [-0.2, -0.15) is 0 Å². The van der Waals surface area contributed by atoms with Crippen molar-refractivity contribution in [2.24, 2.45) is 0 Å². The largest absolute Gasteiger partial charge is 0.383 e. The van der Waals surface area contributed by atoms with E-state index in [-0.39, 0.29) is 12.1 Å². The lowest BCUT2D eigenvalue weighted by atomic mass is 9.95. The summed E-state index contributed by atoms with van der Waals surface area (Å²) in [5.74, 6) is -0.785. The fourth-order valence-electron chi connectivity index (χ4n) is 3.50. The minimum atomic E-state index is -1.51. The van der Waals surface area contributed by atoms with Gasteiger partial charge in [0.05, 0.1) is 5.39 Å². The van der Waals surface area contributed by atoms with Crippen molar-refractivity contribution < 1.29 is 13.9 Å². The summed E-state index contributed by atoms with van der Waals surface area (Å²) in [7, 11) is 0. The lowest BCUT2D eigenvalue weighted by Gasteiger charge is -2.25. The molecule has 0 bridgehead atoms. The molecule has 4 rings (SSSR count). The summed E-state index contributed by atoms with van der Waals surface area (Å²) in [5, 5.41) is 14.9. The van der Waals surface area contributed by atoms with Crippen LogP contribution in [0.5, 0.6) is 0 Å². The SMILES string of the molecule is CC(O)(CNc1ncnc2sc3c(c12)CCCC3)c1ccc(F)cc1F. The Morgan fingerprint density at radius 2 is 2.04 bits per heavy atom. The molecule has 4 nitrogen and oxygen atoms in total. The van der Waals surface area contributed by atoms with E-state index in [1.165, 1.54) is 36.2 Å². The molecule has 0 amide bonds. The van der Waals surface area contributed by atoms with Crippen molar-refractivity contribution in [3.63, 3.8) is 0 Å². The number of halogens is 2. The first-order valence-corrected chi connectivity index (χ1v) is 9.44. The number of benzene rings is 1. The predicted octanol–water partition coefficient (Wildman–Crippen LogP) is 4.17. The van der Waals surface area contributed by atoms with Crippen LogP contribution in [-0.4, -0.2) is 21.6 Å². The average Bonchev–Trinajstić information content (AvgIpc) is 2.99. The highest BCUT2D eigenvalue weighted by Crippen LogP contribution is 2.38. The molecule has 1 aliphatic rings. The van der Waals surface area contributed by atoms with Crippen LogP contribution in [0.1, 0.15) is 35.8 Å². The van der Waals surface area contributed by atoms with Gasteiger partial charge in [-0.25, -0.2) is 18.7 Å². The Balaban J connectivity index is 1.64. The van der Waals surface area contributed by atoms with E-state index in [1.807, 2.05) is 0 Å². The first kappa shape index (κ1) is 17.3. The maximum atomic E-state index is 14.0. The first-order valence-electron chi connectivity index (χ1n) is 8.63. The van der Waals surface area contributed by atoms with Gasteiger partial charge < -0.3 is 10.4 Å². The normalized spacial score (nSPS) is 16.3. The van der Waals surface area contributed by atoms with E-state index >= 15 is 0 Å². The van der Waals surface area contributed by atoms with Crippen LogP contribution in [0.15, 0.2) is 24.5 Å². The zero-order valence-corrected chi connectivity index (χ0v) is 15.2. The standard InChI is InChI=1S/C19H19F2N3OS/c1-19(25,13-7-6-11(20)8-14(13)21)9-22-17-16-12-4-2-3-5-15(12)26-18(16)24-10-23-17/h6-8,10,25H,2-5,9H2,1H3,(H,22,23,24). The van der Waals surface area contributed by atoms with E-state index in [0.717, 1.165) is 41.6 Å². The van der Waals surface area contributed by atoms with Crippen LogP contribution >= 0.6 is 11.3 Å². The molecule has 0 spiro atoms. The Kier molecular flexibility index (Phi) is 4.36. The second kappa shape index (κ2) is 6.55. The molecular formula is C19H19F2N3OS. The summed E-state index contributed by atoms with van der Waals surface area (Å²) in [5.41, 5.74) is -0.179. The minimum Gasteiger partial charge on any atom is -0.383 e. The molecule has 0 aliphatic heterocycles. The highest BCUT2D eigenvalue weighted by Gasteiger charge is 2.28. The number of hydrogen-bond donors (Lipinski definition) is 2. The van der Waals surface area contributed by atoms with Crippen molar-refractivity contribution in [1.82, 2.24) is 9.97 Å². The quantitative estimate of drug-likeness (QED) is 0.719. The van der Waals surface area contributed by atoms with E-state index < -0.39 is 17.2 Å². The van der Waals surface area contributed by atoms with Gasteiger partial charge in [-0.15, -0.1) is 11.3 Å². The number of nitrogens with one attached hydrogen (secondary N) is 1. The van der Waals surface area contributed by atoms with Crippen molar-refractivity contribution in [3.05, 3.63) is 52.2 Å². The molecule has 1 aliphatic carbocycles. The number of aryl methyl sites for hydroxylation is 2. The van der Waals surface area contributed by atoms with E-state index in [9.17, 15) is 13.9 Å². The van der Waals surface area contributed by atoms with E-state index in [2.05, 4.69) is 15.3 Å². The van der Waals surface area contributed by atoms with Crippen molar-refractivity contribution >= 4 is 27.4 Å². The Bertz CT molecular complexity index is 971. The molecule has 1 atom stereocenters. The molecule has 2 aromatic heterocycles. The Labute approximate surface area is 153 Å². The van der Waals surface area contributed by atoms with Gasteiger partial charge in [-0.1, -0.05) is 6.07 Å². The third-order valence-corrected chi connectivity index (χ3v) is 6.06. The number of anilines is 1. The molecule has 0 radical (unpaired) electrons. The van der Waals surface area contributed by atoms with Crippen LogP contribution in [0.3, 0.4) is 0 Å². The van der Waals surface area contributed by atoms with E-state index in [1.54, 1.807) is 11.3 Å². The zero-order valence-electron chi connectivity index (χ0n) is 14.4. The van der Waals surface area contributed by atoms with Gasteiger partial charge >= 0.3 is 0 Å². The van der Waals surface area contributed by atoms with E-state index in [4.69, 9.17) is 0 Å². The van der Waals surface area contributed by atoms with Crippen molar-refractivity contribution in [1.29, 1.82) is 0 Å². The Morgan fingerprint density at radius 1 is 1.23 bits per heavy atom. The fraction of sp³-hybridized carbons (Fsp3) is 0.368. The monoisotopic (exact) mass is 375 g/mol. The van der Waals surface area contributed by atoms with Crippen molar-refractivity contribution in [2.45, 2.75) is 38.2 Å². The molecule has 7 heteroatoms. The van der Waals surface area contributed by atoms with Gasteiger partial charge in [-0.3, -0.25) is 0 Å². The maximum Gasteiger partial charge on any atom is 0.138 e. The van der Waals surface area contributed by atoms with Gasteiger partial charge in [0.2, 0.25) is 0 Å². The van der Waals surface area contributed by atoms with Gasteiger partial charge in [0.25, 0.3) is 0 Å². The third-order valence-electron chi connectivity index (χ3n) is 4.86. The van der Waals surface area contributed by atoms with Crippen LogP contribution in [0.2, 0.25) is 0 Å². The molecule has 0 saturated carbocycles. The van der Waals surface area contributed by atoms with Crippen LogP contribution < -0.4 is 5.32 Å². The second-order valence-electron chi connectivity index (χ2n) is 6.86. The minimum absolute atomic E-state index is 0.0454. The maximum absolute atomic E-state index is 14.0. The highest BCUT2D eigenvalue weighted by molar-refractivity contribution is 7.19. The lowest BCUT2D eigenvalue weighted by molar-refractivity contribution is 0.0674. The first-order chi connectivity index (χ1) is 12.5. The number of thiophene rings is 1. The zero-order chi connectivity index (χ0) is 18.3. The van der Waals surface area contributed by atoms with Crippen molar-refractivity contribution in [2.75, 3.05) is 11.9 Å². The predicted molar refractivity (Wildman–Crippen MR) is 98.5 cm³/mol. The number of rotatable bonds is 4. The third kappa shape index (κ3) is 3.05. The molecule has 3 aromatic rings. The molecular weight excluding hydrogens is 356 g/mol. The molecule has 26 heavy (non-hydrogen) atoms. The lowest BCUT2D eigenvalue weighted by Crippen LogP contribution is -2.32. The summed E-state index contributed by atoms with van der Waals surface area (Å²) in [6.07, 6.45) is 5.90. The fourth-order valence-corrected chi connectivity index (χ4v) is 4.73. The summed E-state index contributed by atoms with van der Waals surface area (Å²) in [6.45, 7) is 1.55. The topological polar surface area (TPSA) is 58.0 Å². The summed E-state index contributed by atoms with van der Waals surface area (Å²) in [4.78, 5) is 11.0. The number of nitrogens with zero attached hydrogens (tertiary/aromatic N) is 2. The molecule has 2 N–H and O–H groups in total. The number of aliphatic hydroxyl groups is 1. The van der Waals surface area contributed by atoms with Gasteiger partial charge in [0.15, 0.2) is 0 Å². The number of fused-ring (bicyclic) bond motifs is 3. The smallest absolute Gasteiger partial charge is 0.138 e. The van der Waals surface area contributed by atoms with Gasteiger partial charge in [0, 0.05) is 23.1 Å². The molecule has 0 saturated heterocycles. The second-order valence-corrected chi connectivity index (χ2v) is 7.95. The summed E-state index contributed by atoms with van der Waals surface area (Å²) < 4.78 is 27.2. The Hall–Kier alpha value is -2.12. The molecule has 1 unspecified atom stereocenters. The van der Waals surface area contributed by atoms with Gasteiger partial charge in [0.1, 0.15) is 34.2 Å². The van der Waals surface area contributed by atoms with Crippen LogP contribution in [0.4, 0.5) is 14.6 Å². The summed E-state index contributed by atoms with van der Waals surface area (Å²) in [6, 6.07) is 3.20. The van der Waals surface area contributed by atoms with Crippen molar-refractivity contribution in [3.8, 4) is 0 Å². The number of hydrogen-bond acceptors (Lipinski definition) is 5. The van der Waals surface area contributed by atoms with Gasteiger partial charge in [-0.05, 0) is 44.2 Å². The van der Waals surface area contributed by atoms with Crippen LogP contribution in [0, 0.1) is 11.6 Å². The van der Waals surface area contributed by atoms with E-state index in [0.29, 0.717) is 5.82 Å². The molecule has 1 aromatic carbocycles. The average molecular weight is 375 g/mol. The number of aromatic nitrogens is 2.